The molecule has 2 atom stereocenters. The Bertz CT molecular complexity index is 1020. The van der Waals surface area contributed by atoms with Gasteiger partial charge in [-0.3, -0.25) is 10.1 Å². The number of aliphatic hydroxyl groups is 1. The Kier molecular flexibility index (Phi) is 5.55. The number of rotatable bonds is 6. The summed E-state index contributed by atoms with van der Waals surface area (Å²) in [6.45, 7) is 5.49. The molecule has 1 aliphatic heterocycles. The molecule has 0 aliphatic carbocycles. The van der Waals surface area contributed by atoms with Gasteiger partial charge in [-0.1, -0.05) is 31.5 Å². The Labute approximate surface area is 170 Å². The zero-order chi connectivity index (χ0) is 21.4. The van der Waals surface area contributed by atoms with Gasteiger partial charge < -0.3 is 9.84 Å². The van der Waals surface area contributed by atoms with Crippen LogP contribution in [0.2, 0.25) is 0 Å². The molecule has 1 heterocycles. The van der Waals surface area contributed by atoms with E-state index in [-0.39, 0.29) is 22.6 Å². The van der Waals surface area contributed by atoms with Crippen molar-refractivity contribution in [2.75, 3.05) is 0 Å². The maximum absolute atomic E-state index is 13.7. The highest BCUT2D eigenvalue weighted by Crippen LogP contribution is 2.52. The molecule has 29 heavy (non-hydrogen) atoms. The number of ether oxygens (including phenoxy) is 1. The molecule has 1 aliphatic rings. The van der Waals surface area contributed by atoms with Crippen molar-refractivity contribution < 1.29 is 23.2 Å². The van der Waals surface area contributed by atoms with Gasteiger partial charge >= 0.3 is 0 Å². The van der Waals surface area contributed by atoms with E-state index in [1.807, 2.05) is 6.92 Å². The van der Waals surface area contributed by atoms with E-state index in [0.29, 0.717) is 12.0 Å². The molecule has 1 N–H and O–H groups in total. The molecule has 7 nitrogen and oxygen atoms in total. The van der Waals surface area contributed by atoms with Crippen LogP contribution in [0.25, 0.3) is 0 Å². The van der Waals surface area contributed by atoms with Gasteiger partial charge in [-0.2, -0.15) is 0 Å². The fourth-order valence-electron chi connectivity index (χ4n) is 3.91. The average molecular weight is 419 g/mol. The van der Waals surface area contributed by atoms with Crippen LogP contribution in [0.5, 0.6) is 0 Å². The normalized spacial score (nSPS) is 23.2. The number of hydrogen-bond acceptors (Lipinski definition) is 6. The van der Waals surface area contributed by atoms with Gasteiger partial charge in [0.2, 0.25) is 14.8 Å². The predicted octanol–water partition coefficient (Wildman–Crippen LogP) is 4.25. The molecule has 0 radical (unpaired) electrons. The molecule has 0 bridgehead atoms. The van der Waals surface area contributed by atoms with E-state index in [2.05, 4.69) is 0 Å². The minimum atomic E-state index is -4.07. The number of nitro groups is 1. The molecule has 0 saturated carbocycles. The van der Waals surface area contributed by atoms with Gasteiger partial charge in [0.25, 0.3) is 5.69 Å². The van der Waals surface area contributed by atoms with Crippen molar-refractivity contribution in [1.29, 1.82) is 0 Å². The second-order valence-electron chi connectivity index (χ2n) is 7.78. The summed E-state index contributed by atoms with van der Waals surface area (Å²) < 4.78 is 33.7. The number of nitrogens with zero attached hydrogens (tertiary/aromatic N) is 1. The molecular weight excluding hydrogens is 394 g/mol. The molecule has 2 aromatic carbocycles. The van der Waals surface area contributed by atoms with Crippen molar-refractivity contribution in [2.24, 2.45) is 0 Å². The first-order chi connectivity index (χ1) is 13.6. The number of aliphatic hydroxyl groups excluding tert-OH is 1. The van der Waals surface area contributed by atoms with Crippen LogP contribution >= 0.6 is 0 Å². The van der Waals surface area contributed by atoms with Crippen LogP contribution in [0.1, 0.15) is 57.3 Å². The minimum absolute atomic E-state index is 0.0990. The van der Waals surface area contributed by atoms with E-state index in [0.717, 1.165) is 6.42 Å². The number of sulfone groups is 1. The number of non-ortho nitro benzene ring substituents is 1. The molecule has 2 aromatic rings. The molecular formula is C21H25NO6S. The Morgan fingerprint density at radius 3 is 2.34 bits per heavy atom. The molecule has 3 rings (SSSR count). The third-order valence-electron chi connectivity index (χ3n) is 5.42. The third kappa shape index (κ3) is 3.45. The first-order valence-electron chi connectivity index (χ1n) is 9.53. The lowest BCUT2D eigenvalue weighted by atomic mass is 9.93. The maximum atomic E-state index is 13.7. The van der Waals surface area contributed by atoms with E-state index < -0.39 is 31.4 Å². The Morgan fingerprint density at radius 2 is 1.76 bits per heavy atom. The molecule has 0 spiro atoms. The van der Waals surface area contributed by atoms with E-state index in [9.17, 15) is 23.6 Å². The highest BCUT2D eigenvalue weighted by Gasteiger charge is 2.59. The van der Waals surface area contributed by atoms with E-state index in [4.69, 9.17) is 4.74 Å². The quantitative estimate of drug-likeness (QED) is 0.554. The number of unbranched alkanes of at least 4 members (excludes halogenated alkanes) is 1. The van der Waals surface area contributed by atoms with Crippen LogP contribution in [0.3, 0.4) is 0 Å². The van der Waals surface area contributed by atoms with Crippen molar-refractivity contribution in [3.05, 3.63) is 69.8 Å². The van der Waals surface area contributed by atoms with Gasteiger partial charge in [-0.25, -0.2) is 8.42 Å². The summed E-state index contributed by atoms with van der Waals surface area (Å²) in [7, 11) is -4.07. The SMILES string of the molecule is CCCCC1(C(O)c2ccc([N+](=O)[O-])cc2)OC(C)(C)c2ccccc2S1(=O)=O. The molecule has 0 amide bonds. The summed E-state index contributed by atoms with van der Waals surface area (Å²) in [4.78, 5) is 8.65. The summed E-state index contributed by atoms with van der Waals surface area (Å²) in [5.41, 5.74) is -0.285. The maximum Gasteiger partial charge on any atom is 0.269 e. The number of nitro benzene ring substituents is 1. The van der Waals surface area contributed by atoms with Crippen molar-refractivity contribution in [3.63, 3.8) is 0 Å². The first-order valence-corrected chi connectivity index (χ1v) is 11.0. The molecule has 0 saturated heterocycles. The monoisotopic (exact) mass is 419 g/mol. The average Bonchev–Trinajstić information content (AvgIpc) is 2.69. The minimum Gasteiger partial charge on any atom is -0.384 e. The lowest BCUT2D eigenvalue weighted by Gasteiger charge is -2.47. The number of fused-ring (bicyclic) bond motifs is 1. The molecule has 8 heteroatoms. The molecule has 156 valence electrons. The molecule has 0 aromatic heterocycles. The highest BCUT2D eigenvalue weighted by molar-refractivity contribution is 7.92. The van der Waals surface area contributed by atoms with Gasteiger partial charge in [0.05, 0.1) is 15.4 Å². The van der Waals surface area contributed by atoms with Crippen molar-refractivity contribution in [1.82, 2.24) is 0 Å². The molecule has 2 unspecified atom stereocenters. The predicted molar refractivity (Wildman–Crippen MR) is 108 cm³/mol. The lowest BCUT2D eigenvalue weighted by Crippen LogP contribution is -2.54. The van der Waals surface area contributed by atoms with Gasteiger partial charge in [0.1, 0.15) is 6.10 Å². The fraction of sp³-hybridized carbons (Fsp3) is 0.429. The van der Waals surface area contributed by atoms with Gasteiger partial charge in [0, 0.05) is 17.7 Å². The summed E-state index contributed by atoms with van der Waals surface area (Å²) >= 11 is 0. The van der Waals surface area contributed by atoms with Crippen molar-refractivity contribution in [3.8, 4) is 0 Å². The number of hydrogen-bond donors (Lipinski definition) is 1. The largest absolute Gasteiger partial charge is 0.384 e. The van der Waals surface area contributed by atoms with Crippen molar-refractivity contribution in [2.45, 2.75) is 61.6 Å². The Balaban J connectivity index is 2.19. The van der Waals surface area contributed by atoms with E-state index in [1.165, 1.54) is 30.3 Å². The first kappa shape index (κ1) is 21.4. The highest BCUT2D eigenvalue weighted by atomic mass is 32.2. The van der Waals surface area contributed by atoms with Gasteiger partial charge in [0.15, 0.2) is 0 Å². The van der Waals surface area contributed by atoms with Crippen LogP contribution < -0.4 is 0 Å². The van der Waals surface area contributed by atoms with E-state index in [1.54, 1.807) is 32.0 Å². The van der Waals surface area contributed by atoms with Crippen molar-refractivity contribution >= 4 is 15.5 Å². The zero-order valence-corrected chi connectivity index (χ0v) is 17.5. The molecule has 0 fully saturated rings. The Morgan fingerprint density at radius 1 is 1.14 bits per heavy atom. The summed E-state index contributed by atoms with van der Waals surface area (Å²) in [6.07, 6.45) is -0.161. The summed E-state index contributed by atoms with van der Waals surface area (Å²) in [5.74, 6) is 0. The summed E-state index contributed by atoms with van der Waals surface area (Å²) in [5, 5.41) is 22.2. The second-order valence-corrected chi connectivity index (χ2v) is 9.92. The standard InChI is InChI=1S/C21H25NO6S/c1-4-5-14-21(19(23)15-10-12-16(13-11-15)22(24)25)28-20(2,3)17-8-6-7-9-18(17)29(21,26)27/h6-13,19,23H,4-5,14H2,1-3H3. The third-order valence-corrected chi connectivity index (χ3v) is 7.78. The lowest BCUT2D eigenvalue weighted by molar-refractivity contribution is -0.384. The van der Waals surface area contributed by atoms with Crippen LogP contribution in [0.15, 0.2) is 53.4 Å². The van der Waals surface area contributed by atoms with E-state index >= 15 is 0 Å². The van der Waals surface area contributed by atoms with Crippen LogP contribution in [0, 0.1) is 10.1 Å². The van der Waals surface area contributed by atoms with Crippen LogP contribution in [-0.4, -0.2) is 23.4 Å². The van der Waals surface area contributed by atoms with Gasteiger partial charge in [-0.05, 0) is 50.5 Å². The Hall–Kier alpha value is -2.29. The fourth-order valence-corrected chi connectivity index (χ4v) is 6.30. The zero-order valence-electron chi connectivity index (χ0n) is 16.7. The summed E-state index contributed by atoms with van der Waals surface area (Å²) in [6, 6.07) is 11.9. The topological polar surface area (TPSA) is 107 Å². The van der Waals surface area contributed by atoms with Crippen LogP contribution in [-0.2, 0) is 20.2 Å². The second kappa shape index (κ2) is 7.51. The van der Waals surface area contributed by atoms with Gasteiger partial charge in [-0.15, -0.1) is 0 Å². The number of benzene rings is 2. The van der Waals surface area contributed by atoms with Crippen LogP contribution in [0.4, 0.5) is 5.69 Å². The smallest absolute Gasteiger partial charge is 0.269 e.